The number of pyridine rings is 1. The second-order valence-electron chi connectivity index (χ2n) is 7.91. The molecule has 0 saturated carbocycles. The Kier molecular flexibility index (Phi) is 4.39. The van der Waals surface area contributed by atoms with Gasteiger partial charge in [-0.2, -0.15) is 0 Å². The van der Waals surface area contributed by atoms with Crippen LogP contribution < -0.4 is 10.3 Å². The van der Waals surface area contributed by atoms with Gasteiger partial charge in [0.1, 0.15) is 11.6 Å². The molecule has 0 amide bonds. The normalized spacial score (nSPS) is 20.9. The fourth-order valence-corrected chi connectivity index (χ4v) is 4.62. The van der Waals surface area contributed by atoms with Crippen molar-refractivity contribution in [2.75, 3.05) is 20.2 Å². The summed E-state index contributed by atoms with van der Waals surface area (Å²) in [5.74, 6) is 1.59. The third-order valence-electron chi connectivity index (χ3n) is 6.16. The van der Waals surface area contributed by atoms with Gasteiger partial charge in [-0.3, -0.25) is 19.2 Å². The maximum atomic E-state index is 13.1. The molecule has 4 heterocycles. The zero-order valence-corrected chi connectivity index (χ0v) is 16.4. The fraction of sp³-hybridized carbons (Fsp3) is 0.364. The highest BCUT2D eigenvalue weighted by atomic mass is 16.5. The molecule has 0 radical (unpaired) electrons. The maximum absolute atomic E-state index is 13.1. The molecule has 2 aliphatic heterocycles. The Morgan fingerprint density at radius 1 is 1.10 bits per heavy atom. The molecular weight excluding hydrogens is 366 g/mol. The van der Waals surface area contributed by atoms with Gasteiger partial charge in [-0.05, 0) is 55.3 Å². The molecular formula is C22H23N5O2. The molecule has 1 fully saturated rings. The molecule has 0 N–H and O–H groups in total. The summed E-state index contributed by atoms with van der Waals surface area (Å²) in [6.07, 6.45) is 5.65. The van der Waals surface area contributed by atoms with Crippen molar-refractivity contribution in [3.8, 4) is 17.0 Å². The largest absolute Gasteiger partial charge is 0.497 e. The van der Waals surface area contributed by atoms with E-state index in [2.05, 4.69) is 26.1 Å². The van der Waals surface area contributed by atoms with Crippen LogP contribution in [0, 0.1) is 0 Å². The summed E-state index contributed by atoms with van der Waals surface area (Å²) < 4.78 is 7.03. The highest BCUT2D eigenvalue weighted by molar-refractivity contribution is 5.58. The van der Waals surface area contributed by atoms with Gasteiger partial charge in [0.05, 0.1) is 7.11 Å². The molecule has 2 aromatic heterocycles. The highest BCUT2D eigenvalue weighted by Crippen LogP contribution is 2.41. The summed E-state index contributed by atoms with van der Waals surface area (Å²) in [4.78, 5) is 19.8. The number of fused-ring (bicyclic) bond motifs is 2. The molecule has 7 nitrogen and oxygen atoms in total. The zero-order chi connectivity index (χ0) is 19.8. The first kappa shape index (κ1) is 18.0. The molecule has 0 bridgehead atoms. The minimum Gasteiger partial charge on any atom is -0.497 e. The number of likely N-dealkylation sites (tertiary alicyclic amines) is 1. The molecule has 1 saturated heterocycles. The van der Waals surface area contributed by atoms with Crippen molar-refractivity contribution < 1.29 is 4.74 Å². The van der Waals surface area contributed by atoms with E-state index >= 15 is 0 Å². The lowest BCUT2D eigenvalue weighted by Gasteiger charge is -2.23. The number of benzene rings is 1. The number of rotatable bonds is 4. The first-order chi connectivity index (χ1) is 14.2. The van der Waals surface area contributed by atoms with E-state index in [1.807, 2.05) is 41.1 Å². The average Bonchev–Trinajstić information content (AvgIpc) is 3.34. The van der Waals surface area contributed by atoms with Crippen molar-refractivity contribution >= 4 is 0 Å². The molecule has 1 atom stereocenters. The van der Waals surface area contributed by atoms with Gasteiger partial charge in [-0.15, -0.1) is 10.2 Å². The molecule has 148 valence electrons. The Morgan fingerprint density at radius 2 is 1.93 bits per heavy atom. The van der Waals surface area contributed by atoms with Gasteiger partial charge < -0.3 is 4.74 Å². The van der Waals surface area contributed by atoms with Crippen molar-refractivity contribution in [3.63, 3.8) is 0 Å². The summed E-state index contributed by atoms with van der Waals surface area (Å²) in [5.41, 5.74) is 2.25. The van der Waals surface area contributed by atoms with Gasteiger partial charge in [0.25, 0.3) is 5.56 Å². The average molecular weight is 389 g/mol. The van der Waals surface area contributed by atoms with Crippen LogP contribution in [0.25, 0.3) is 11.3 Å². The Bertz CT molecular complexity index is 1080. The van der Waals surface area contributed by atoms with E-state index in [9.17, 15) is 4.79 Å². The number of hydrogen-bond acceptors (Lipinski definition) is 6. The van der Waals surface area contributed by atoms with Crippen LogP contribution in [-0.4, -0.2) is 44.8 Å². The van der Waals surface area contributed by atoms with Gasteiger partial charge in [0, 0.05) is 43.0 Å². The van der Waals surface area contributed by atoms with Crippen molar-refractivity contribution in [1.29, 1.82) is 0 Å². The maximum Gasteiger partial charge on any atom is 0.280 e. The third kappa shape index (κ3) is 3.11. The van der Waals surface area contributed by atoms with E-state index in [0.717, 1.165) is 49.6 Å². The number of nitrogens with zero attached hydrogens (tertiary/aromatic N) is 5. The van der Waals surface area contributed by atoms with E-state index in [0.29, 0.717) is 12.2 Å². The van der Waals surface area contributed by atoms with Gasteiger partial charge >= 0.3 is 0 Å². The Balaban J connectivity index is 1.42. The number of ether oxygens (including phenoxy) is 1. The van der Waals surface area contributed by atoms with Crippen LogP contribution in [0.4, 0.5) is 0 Å². The van der Waals surface area contributed by atoms with Gasteiger partial charge in [0.2, 0.25) is 0 Å². The van der Waals surface area contributed by atoms with Gasteiger partial charge in [-0.1, -0.05) is 6.07 Å². The van der Waals surface area contributed by atoms with Crippen molar-refractivity contribution in [2.24, 2.45) is 0 Å². The first-order valence-corrected chi connectivity index (χ1v) is 9.92. The molecule has 1 spiro atoms. The standard InChI is InChI=1S/C22H23N5O2/c1-29-18-6-4-17(5-7-18)19-20(28)27-12-9-22(21(27)25-24-19)8-11-26(15-22)14-16-3-2-10-23-13-16/h2-7,10,13H,8-9,11-12,14-15H2,1H3/t22-/m0/s1. The zero-order valence-electron chi connectivity index (χ0n) is 16.4. The molecule has 2 aliphatic rings. The van der Waals surface area contributed by atoms with Crippen molar-refractivity contribution in [1.82, 2.24) is 24.6 Å². The number of hydrogen-bond donors (Lipinski definition) is 0. The summed E-state index contributed by atoms with van der Waals surface area (Å²) in [6.45, 7) is 3.47. The van der Waals surface area contributed by atoms with Gasteiger partial charge in [-0.25, -0.2) is 0 Å². The lowest BCUT2D eigenvalue weighted by Crippen LogP contribution is -2.33. The van der Waals surface area contributed by atoms with Crippen LogP contribution in [0.1, 0.15) is 24.2 Å². The topological polar surface area (TPSA) is 73.1 Å². The smallest absolute Gasteiger partial charge is 0.280 e. The SMILES string of the molecule is COc1ccc(-c2nnc3n(c2=O)CC[C@]32CCN(Cc3cccnc3)C2)cc1. The van der Waals surface area contributed by atoms with E-state index < -0.39 is 0 Å². The lowest BCUT2D eigenvalue weighted by atomic mass is 9.85. The molecule has 5 rings (SSSR count). The minimum atomic E-state index is -0.0766. The highest BCUT2D eigenvalue weighted by Gasteiger charge is 2.46. The summed E-state index contributed by atoms with van der Waals surface area (Å²) >= 11 is 0. The van der Waals surface area contributed by atoms with E-state index in [4.69, 9.17) is 4.74 Å². The van der Waals surface area contributed by atoms with E-state index in [1.165, 1.54) is 5.56 Å². The van der Waals surface area contributed by atoms with Crippen LogP contribution >= 0.6 is 0 Å². The predicted octanol–water partition coefficient (Wildman–Crippen LogP) is 2.26. The van der Waals surface area contributed by atoms with Gasteiger partial charge in [0.15, 0.2) is 5.69 Å². The molecule has 0 unspecified atom stereocenters. The second-order valence-corrected chi connectivity index (χ2v) is 7.91. The molecule has 29 heavy (non-hydrogen) atoms. The van der Waals surface area contributed by atoms with Crippen LogP contribution in [-0.2, 0) is 18.5 Å². The monoisotopic (exact) mass is 389 g/mol. The summed E-state index contributed by atoms with van der Waals surface area (Å²) in [6, 6.07) is 11.5. The molecule has 7 heteroatoms. The van der Waals surface area contributed by atoms with Crippen LogP contribution in [0.2, 0.25) is 0 Å². The predicted molar refractivity (Wildman–Crippen MR) is 109 cm³/mol. The van der Waals surface area contributed by atoms with E-state index in [1.54, 1.807) is 13.3 Å². The quantitative estimate of drug-likeness (QED) is 0.682. The number of methoxy groups -OCH3 is 1. The second kappa shape index (κ2) is 7.08. The van der Waals surface area contributed by atoms with Crippen LogP contribution in [0.5, 0.6) is 5.75 Å². The van der Waals surface area contributed by atoms with Crippen LogP contribution in [0.3, 0.4) is 0 Å². The Labute approximate surface area is 169 Å². The summed E-state index contributed by atoms with van der Waals surface area (Å²) in [5, 5.41) is 8.91. The Hall–Kier alpha value is -3.06. The van der Waals surface area contributed by atoms with Crippen LogP contribution in [0.15, 0.2) is 53.6 Å². The minimum absolute atomic E-state index is 0.0530. The molecule has 1 aromatic carbocycles. The fourth-order valence-electron chi connectivity index (χ4n) is 4.62. The first-order valence-electron chi connectivity index (χ1n) is 9.92. The third-order valence-corrected chi connectivity index (χ3v) is 6.16. The summed E-state index contributed by atoms with van der Waals surface area (Å²) in [7, 11) is 1.62. The van der Waals surface area contributed by atoms with E-state index in [-0.39, 0.29) is 11.0 Å². The van der Waals surface area contributed by atoms with Crippen molar-refractivity contribution in [2.45, 2.75) is 31.3 Å². The number of aromatic nitrogens is 4. The molecule has 0 aliphatic carbocycles. The van der Waals surface area contributed by atoms with Crippen molar-refractivity contribution in [3.05, 3.63) is 70.5 Å². The lowest BCUT2D eigenvalue weighted by molar-refractivity contribution is 0.299. The molecule has 3 aromatic rings. The Morgan fingerprint density at radius 3 is 2.69 bits per heavy atom.